The molecule has 7 heteroatoms. The van der Waals surface area contributed by atoms with Gasteiger partial charge >= 0.3 is 5.97 Å². The highest BCUT2D eigenvalue weighted by Gasteiger charge is 2.27. The molecule has 2 heterocycles. The number of thiazole rings is 1. The number of benzene rings is 1. The fourth-order valence-electron chi connectivity index (χ4n) is 3.66. The van der Waals surface area contributed by atoms with E-state index in [0.29, 0.717) is 24.4 Å². The van der Waals surface area contributed by atoms with Crippen molar-refractivity contribution >= 4 is 28.2 Å². The van der Waals surface area contributed by atoms with Crippen molar-refractivity contribution < 1.29 is 9.53 Å². The maximum absolute atomic E-state index is 12.1. The van der Waals surface area contributed by atoms with Crippen molar-refractivity contribution in [2.75, 3.05) is 6.61 Å². The van der Waals surface area contributed by atoms with E-state index in [2.05, 4.69) is 15.6 Å². The predicted octanol–water partition coefficient (Wildman–Crippen LogP) is 2.62. The maximum Gasteiger partial charge on any atom is 0.358 e. The highest BCUT2D eigenvalue weighted by Crippen LogP contribution is 2.34. The maximum atomic E-state index is 12.1. The van der Waals surface area contributed by atoms with E-state index in [-0.39, 0.29) is 12.0 Å². The van der Waals surface area contributed by atoms with Gasteiger partial charge in [0.05, 0.1) is 35.2 Å². The zero-order chi connectivity index (χ0) is 18.3. The number of nitrogens with zero attached hydrogens (tertiary/aromatic N) is 3. The van der Waals surface area contributed by atoms with E-state index in [1.807, 2.05) is 18.2 Å². The van der Waals surface area contributed by atoms with Crippen LogP contribution in [0.1, 0.15) is 39.1 Å². The minimum absolute atomic E-state index is 0.0902. The first-order chi connectivity index (χ1) is 12.6. The molecule has 4 rings (SSSR count). The minimum atomic E-state index is -0.389. The summed E-state index contributed by atoms with van der Waals surface area (Å²) in [6.45, 7) is 2.65. The number of esters is 1. The van der Waals surface area contributed by atoms with E-state index in [4.69, 9.17) is 10.5 Å². The molecule has 1 unspecified atom stereocenters. The SMILES string of the molecule is CCOC(=O)c1ncsc1Cn1c2c(c3cc(C#N)ccc31)CC(N)C2. The second-order valence-corrected chi connectivity index (χ2v) is 7.31. The van der Waals surface area contributed by atoms with E-state index in [1.54, 1.807) is 12.4 Å². The van der Waals surface area contributed by atoms with Gasteiger partial charge in [0.15, 0.2) is 5.69 Å². The molecular weight excluding hydrogens is 348 g/mol. The van der Waals surface area contributed by atoms with Crippen molar-refractivity contribution in [1.82, 2.24) is 9.55 Å². The van der Waals surface area contributed by atoms with E-state index in [1.165, 1.54) is 22.6 Å². The number of fused-ring (bicyclic) bond motifs is 3. The predicted molar refractivity (Wildman–Crippen MR) is 99.2 cm³/mol. The fourth-order valence-corrected chi connectivity index (χ4v) is 4.40. The van der Waals surface area contributed by atoms with Gasteiger partial charge < -0.3 is 15.0 Å². The number of carbonyl (C=O) groups excluding carboxylic acids is 1. The van der Waals surface area contributed by atoms with E-state index in [9.17, 15) is 10.1 Å². The lowest BCUT2D eigenvalue weighted by atomic mass is 10.1. The van der Waals surface area contributed by atoms with E-state index < -0.39 is 0 Å². The smallest absolute Gasteiger partial charge is 0.358 e. The van der Waals surface area contributed by atoms with Crippen molar-refractivity contribution in [2.45, 2.75) is 32.4 Å². The Kier molecular flexibility index (Phi) is 4.23. The van der Waals surface area contributed by atoms with Crippen molar-refractivity contribution in [3.63, 3.8) is 0 Å². The third-order valence-corrected chi connectivity index (χ3v) is 5.57. The monoisotopic (exact) mass is 366 g/mol. The van der Waals surface area contributed by atoms with Gasteiger partial charge in [-0.2, -0.15) is 5.26 Å². The molecule has 0 spiro atoms. The Labute approximate surface area is 154 Å². The van der Waals surface area contributed by atoms with Gasteiger partial charge in [0.2, 0.25) is 0 Å². The van der Waals surface area contributed by atoms with Crippen LogP contribution < -0.4 is 5.73 Å². The number of nitriles is 1. The molecule has 1 aliphatic carbocycles. The van der Waals surface area contributed by atoms with Crippen molar-refractivity contribution in [3.8, 4) is 6.07 Å². The summed E-state index contributed by atoms with van der Waals surface area (Å²) in [5.74, 6) is -0.389. The van der Waals surface area contributed by atoms with Gasteiger partial charge in [-0.15, -0.1) is 11.3 Å². The molecular formula is C19H18N4O2S. The van der Waals surface area contributed by atoms with Crippen LogP contribution in [0.4, 0.5) is 0 Å². The van der Waals surface area contributed by atoms with Crippen LogP contribution in [0.5, 0.6) is 0 Å². The van der Waals surface area contributed by atoms with Gasteiger partial charge in [0.25, 0.3) is 0 Å². The van der Waals surface area contributed by atoms with Gasteiger partial charge in [-0.25, -0.2) is 9.78 Å². The first-order valence-electron chi connectivity index (χ1n) is 8.51. The summed E-state index contributed by atoms with van der Waals surface area (Å²) in [4.78, 5) is 17.2. The summed E-state index contributed by atoms with van der Waals surface area (Å²) >= 11 is 1.45. The van der Waals surface area contributed by atoms with Crippen molar-refractivity contribution in [3.05, 3.63) is 51.1 Å². The molecule has 1 aliphatic rings. The second kappa shape index (κ2) is 6.56. The van der Waals surface area contributed by atoms with Gasteiger partial charge in [0, 0.05) is 29.1 Å². The molecule has 1 aromatic carbocycles. The molecule has 0 radical (unpaired) electrons. The summed E-state index contributed by atoms with van der Waals surface area (Å²) in [5.41, 5.74) is 12.3. The van der Waals surface area contributed by atoms with Crippen molar-refractivity contribution in [2.24, 2.45) is 5.73 Å². The molecule has 132 valence electrons. The van der Waals surface area contributed by atoms with E-state index >= 15 is 0 Å². The lowest BCUT2D eigenvalue weighted by Crippen LogP contribution is -2.20. The molecule has 1 atom stereocenters. The summed E-state index contributed by atoms with van der Waals surface area (Å²) in [5, 5.41) is 10.3. The molecule has 0 saturated carbocycles. The molecule has 2 aromatic heterocycles. The lowest BCUT2D eigenvalue weighted by molar-refractivity contribution is 0.0519. The van der Waals surface area contributed by atoms with Crippen LogP contribution in [-0.2, 0) is 24.1 Å². The average Bonchev–Trinajstić information content (AvgIpc) is 3.31. The first kappa shape index (κ1) is 16.8. The molecule has 0 aliphatic heterocycles. The van der Waals surface area contributed by atoms with E-state index in [0.717, 1.165) is 28.6 Å². The van der Waals surface area contributed by atoms with Crippen LogP contribution in [0.2, 0.25) is 0 Å². The van der Waals surface area contributed by atoms with Crippen LogP contribution in [0.25, 0.3) is 10.9 Å². The standard InChI is InChI=1S/C19H18N4O2S/c1-2-25-19(24)18-17(26-10-22-18)9-23-15-4-3-11(8-20)5-13(15)14-6-12(21)7-16(14)23/h3-5,10,12H,2,6-7,9,21H2,1H3. The molecule has 6 nitrogen and oxygen atoms in total. The van der Waals surface area contributed by atoms with Crippen LogP contribution in [0.15, 0.2) is 23.7 Å². The molecule has 0 fully saturated rings. The minimum Gasteiger partial charge on any atom is -0.461 e. The number of nitrogens with two attached hydrogens (primary N) is 1. The quantitative estimate of drug-likeness (QED) is 0.716. The molecule has 2 N–H and O–H groups in total. The molecule has 0 saturated heterocycles. The Morgan fingerprint density at radius 1 is 1.50 bits per heavy atom. The highest BCUT2D eigenvalue weighted by molar-refractivity contribution is 7.09. The molecule has 26 heavy (non-hydrogen) atoms. The van der Waals surface area contributed by atoms with Crippen LogP contribution in [-0.4, -0.2) is 28.2 Å². The third kappa shape index (κ3) is 2.68. The fraction of sp³-hybridized carbons (Fsp3) is 0.316. The van der Waals surface area contributed by atoms with Crippen LogP contribution >= 0.6 is 11.3 Å². The number of carbonyl (C=O) groups is 1. The summed E-state index contributed by atoms with van der Waals surface area (Å²) in [6.07, 6.45) is 1.60. The van der Waals surface area contributed by atoms with Gasteiger partial charge in [-0.05, 0) is 37.1 Å². The zero-order valence-corrected chi connectivity index (χ0v) is 15.2. The van der Waals surface area contributed by atoms with Crippen LogP contribution in [0, 0.1) is 11.3 Å². The molecule has 3 aromatic rings. The largest absolute Gasteiger partial charge is 0.461 e. The van der Waals surface area contributed by atoms with Crippen molar-refractivity contribution in [1.29, 1.82) is 5.26 Å². The Balaban J connectivity index is 1.81. The van der Waals surface area contributed by atoms with Crippen LogP contribution in [0.3, 0.4) is 0 Å². The number of aromatic nitrogens is 2. The highest BCUT2D eigenvalue weighted by atomic mass is 32.1. The van der Waals surface area contributed by atoms with Gasteiger partial charge in [-0.1, -0.05) is 0 Å². The number of rotatable bonds is 4. The lowest BCUT2D eigenvalue weighted by Gasteiger charge is -2.11. The first-order valence-corrected chi connectivity index (χ1v) is 9.39. The summed E-state index contributed by atoms with van der Waals surface area (Å²) in [6, 6.07) is 8.03. The van der Waals surface area contributed by atoms with Gasteiger partial charge in [0.1, 0.15) is 0 Å². The molecule has 0 amide bonds. The number of ether oxygens (including phenoxy) is 1. The zero-order valence-electron chi connectivity index (χ0n) is 14.4. The number of hydrogen-bond donors (Lipinski definition) is 1. The summed E-state index contributed by atoms with van der Waals surface area (Å²) < 4.78 is 7.32. The Bertz CT molecular complexity index is 1040. The van der Waals surface area contributed by atoms with Gasteiger partial charge in [-0.3, -0.25) is 0 Å². The second-order valence-electron chi connectivity index (χ2n) is 6.37. The number of hydrogen-bond acceptors (Lipinski definition) is 6. The Morgan fingerprint density at radius 2 is 2.35 bits per heavy atom. The normalized spacial score (nSPS) is 15.8. The topological polar surface area (TPSA) is 93.9 Å². The molecule has 0 bridgehead atoms. The average molecular weight is 366 g/mol. The summed E-state index contributed by atoms with van der Waals surface area (Å²) in [7, 11) is 0. The third-order valence-electron chi connectivity index (χ3n) is 4.75. The Morgan fingerprint density at radius 3 is 3.12 bits per heavy atom. The Hall–Kier alpha value is -2.69.